The van der Waals surface area contributed by atoms with Crippen molar-refractivity contribution in [2.75, 3.05) is 18.8 Å². The van der Waals surface area contributed by atoms with Crippen LogP contribution >= 0.6 is 11.8 Å². The van der Waals surface area contributed by atoms with Crippen LogP contribution in [0.3, 0.4) is 0 Å². The third kappa shape index (κ3) is 7.02. The van der Waals surface area contributed by atoms with Crippen LogP contribution in [0.15, 0.2) is 59.5 Å². The Balaban J connectivity index is 1.57. The number of hydrogen-bond acceptors (Lipinski definition) is 3. The number of hydrogen-bond donors (Lipinski definition) is 1. The van der Waals surface area contributed by atoms with Gasteiger partial charge in [-0.2, -0.15) is 13.2 Å². The number of likely N-dealkylation sites (tertiary alicyclic amines) is 1. The van der Waals surface area contributed by atoms with E-state index in [1.54, 1.807) is 11.0 Å². The summed E-state index contributed by atoms with van der Waals surface area (Å²) in [6.45, 7) is 2.56. The molecule has 172 valence electrons. The zero-order valence-electron chi connectivity index (χ0n) is 17.9. The molecule has 0 radical (unpaired) electrons. The maximum atomic E-state index is 13.1. The maximum Gasteiger partial charge on any atom is 0.416 e. The summed E-state index contributed by atoms with van der Waals surface area (Å²) < 4.78 is 38.9. The molecule has 1 aliphatic heterocycles. The lowest BCUT2D eigenvalue weighted by Crippen LogP contribution is -2.51. The summed E-state index contributed by atoms with van der Waals surface area (Å²) in [4.78, 5) is 26.9. The van der Waals surface area contributed by atoms with Crippen LogP contribution in [0.2, 0.25) is 0 Å². The molecule has 0 aliphatic carbocycles. The van der Waals surface area contributed by atoms with Gasteiger partial charge >= 0.3 is 6.18 Å². The van der Waals surface area contributed by atoms with Crippen LogP contribution in [0.5, 0.6) is 0 Å². The van der Waals surface area contributed by atoms with Crippen molar-refractivity contribution in [2.45, 2.75) is 43.3 Å². The van der Waals surface area contributed by atoms with Crippen LogP contribution in [-0.4, -0.2) is 41.6 Å². The standard InChI is InChI=1S/C24H27F3N2O2S/c1-17(30)28-22(16-32-21-9-5-8-20(15-21)24(25,26)27)23(31)29-12-10-19(11-13-29)14-18-6-3-2-4-7-18/h2-9,15,19,22H,10-14,16H2,1H3,(H,28,30). The molecule has 3 rings (SSSR count). The summed E-state index contributed by atoms with van der Waals surface area (Å²) >= 11 is 1.13. The summed E-state index contributed by atoms with van der Waals surface area (Å²) in [6, 6.07) is 14.5. The van der Waals surface area contributed by atoms with Crippen molar-refractivity contribution >= 4 is 23.6 Å². The first kappa shape index (κ1) is 24.2. The molecular weight excluding hydrogens is 437 g/mol. The van der Waals surface area contributed by atoms with Gasteiger partial charge in [-0.3, -0.25) is 9.59 Å². The van der Waals surface area contributed by atoms with E-state index >= 15 is 0 Å². The number of thioether (sulfide) groups is 1. The normalized spacial score (nSPS) is 15.9. The molecular formula is C24H27F3N2O2S. The highest BCUT2D eigenvalue weighted by molar-refractivity contribution is 7.99. The molecule has 2 aromatic carbocycles. The number of alkyl halides is 3. The molecule has 1 N–H and O–H groups in total. The molecule has 0 saturated carbocycles. The summed E-state index contributed by atoms with van der Waals surface area (Å²) in [7, 11) is 0. The number of rotatable bonds is 7. The van der Waals surface area contributed by atoms with Gasteiger partial charge in [-0.05, 0) is 48.9 Å². The molecule has 2 aromatic rings. The molecule has 1 aliphatic rings. The van der Waals surface area contributed by atoms with Gasteiger partial charge in [-0.15, -0.1) is 11.8 Å². The predicted octanol–water partition coefficient (Wildman–Crippen LogP) is 4.78. The Bertz CT molecular complexity index is 913. The first-order chi connectivity index (χ1) is 15.2. The van der Waals surface area contributed by atoms with Gasteiger partial charge in [0, 0.05) is 30.7 Å². The molecule has 8 heteroatoms. The zero-order chi connectivity index (χ0) is 23.1. The molecule has 0 spiro atoms. The first-order valence-electron chi connectivity index (χ1n) is 10.6. The number of nitrogens with one attached hydrogen (secondary N) is 1. The third-order valence-corrected chi connectivity index (χ3v) is 6.63. The van der Waals surface area contributed by atoms with E-state index < -0.39 is 17.8 Å². The lowest BCUT2D eigenvalue weighted by atomic mass is 9.90. The minimum absolute atomic E-state index is 0.170. The monoisotopic (exact) mass is 464 g/mol. The van der Waals surface area contributed by atoms with Gasteiger partial charge in [0.2, 0.25) is 11.8 Å². The number of piperidine rings is 1. The van der Waals surface area contributed by atoms with Crippen molar-refractivity contribution in [3.63, 3.8) is 0 Å². The van der Waals surface area contributed by atoms with Gasteiger partial charge in [-0.25, -0.2) is 0 Å². The van der Waals surface area contributed by atoms with Crippen molar-refractivity contribution in [3.05, 3.63) is 65.7 Å². The van der Waals surface area contributed by atoms with E-state index in [4.69, 9.17) is 0 Å². The molecule has 1 saturated heterocycles. The van der Waals surface area contributed by atoms with Gasteiger partial charge in [0.25, 0.3) is 0 Å². The summed E-state index contributed by atoms with van der Waals surface area (Å²) in [6.07, 6.45) is -1.68. The second-order valence-electron chi connectivity index (χ2n) is 8.05. The van der Waals surface area contributed by atoms with E-state index in [9.17, 15) is 22.8 Å². The Labute approximate surface area is 190 Å². The highest BCUT2D eigenvalue weighted by Gasteiger charge is 2.31. The Morgan fingerprint density at radius 2 is 1.78 bits per heavy atom. The Hall–Kier alpha value is -2.48. The quantitative estimate of drug-likeness (QED) is 0.600. The molecule has 1 fully saturated rings. The number of halogens is 3. The maximum absolute atomic E-state index is 13.1. The second-order valence-corrected chi connectivity index (χ2v) is 9.14. The fourth-order valence-corrected chi connectivity index (χ4v) is 4.86. The predicted molar refractivity (Wildman–Crippen MR) is 119 cm³/mol. The zero-order valence-corrected chi connectivity index (χ0v) is 18.7. The SMILES string of the molecule is CC(=O)NC(CSc1cccc(C(F)(F)F)c1)C(=O)N1CCC(Cc2ccccc2)CC1. The minimum atomic E-state index is -4.42. The average Bonchev–Trinajstić information content (AvgIpc) is 2.77. The van der Waals surface area contributed by atoms with Crippen LogP contribution in [-0.2, 0) is 22.2 Å². The van der Waals surface area contributed by atoms with E-state index in [1.165, 1.54) is 18.6 Å². The van der Waals surface area contributed by atoms with Crippen molar-refractivity contribution < 1.29 is 22.8 Å². The fraction of sp³-hybridized carbons (Fsp3) is 0.417. The number of carbonyl (C=O) groups excluding carboxylic acids is 2. The van der Waals surface area contributed by atoms with E-state index in [0.717, 1.165) is 43.2 Å². The molecule has 2 amide bonds. The van der Waals surface area contributed by atoms with E-state index in [-0.39, 0.29) is 17.6 Å². The van der Waals surface area contributed by atoms with Gasteiger partial charge in [0.15, 0.2) is 0 Å². The summed E-state index contributed by atoms with van der Waals surface area (Å²) in [5.41, 5.74) is 0.552. The van der Waals surface area contributed by atoms with Crippen LogP contribution in [0.25, 0.3) is 0 Å². The van der Waals surface area contributed by atoms with Crippen LogP contribution in [0.1, 0.15) is 30.9 Å². The van der Waals surface area contributed by atoms with Crippen LogP contribution in [0, 0.1) is 5.92 Å². The van der Waals surface area contributed by atoms with Crippen LogP contribution < -0.4 is 5.32 Å². The smallest absolute Gasteiger partial charge is 0.344 e. The van der Waals surface area contributed by atoms with Gasteiger partial charge in [0.05, 0.1) is 5.56 Å². The Morgan fingerprint density at radius 1 is 1.09 bits per heavy atom. The molecule has 4 nitrogen and oxygen atoms in total. The van der Waals surface area contributed by atoms with E-state index in [1.807, 2.05) is 18.2 Å². The first-order valence-corrected chi connectivity index (χ1v) is 11.6. The van der Waals surface area contributed by atoms with Gasteiger partial charge in [-0.1, -0.05) is 36.4 Å². The lowest BCUT2D eigenvalue weighted by Gasteiger charge is -2.34. The van der Waals surface area contributed by atoms with E-state index in [2.05, 4.69) is 17.4 Å². The average molecular weight is 465 g/mol. The largest absolute Gasteiger partial charge is 0.416 e. The molecule has 0 bridgehead atoms. The van der Waals surface area contributed by atoms with Crippen molar-refractivity contribution in [2.24, 2.45) is 5.92 Å². The minimum Gasteiger partial charge on any atom is -0.344 e. The highest BCUT2D eigenvalue weighted by atomic mass is 32.2. The van der Waals surface area contributed by atoms with Crippen molar-refractivity contribution in [1.29, 1.82) is 0 Å². The Kier molecular flexibility index (Phi) is 8.23. The van der Waals surface area contributed by atoms with Gasteiger partial charge in [0.1, 0.15) is 6.04 Å². The number of carbonyl (C=O) groups is 2. The Morgan fingerprint density at radius 3 is 2.41 bits per heavy atom. The second kappa shape index (κ2) is 10.9. The van der Waals surface area contributed by atoms with Crippen molar-refractivity contribution in [3.8, 4) is 0 Å². The molecule has 32 heavy (non-hydrogen) atoms. The number of benzene rings is 2. The lowest BCUT2D eigenvalue weighted by molar-refractivity contribution is -0.138. The topological polar surface area (TPSA) is 49.4 Å². The number of nitrogens with zero attached hydrogens (tertiary/aromatic N) is 1. The van der Waals surface area contributed by atoms with Crippen LogP contribution in [0.4, 0.5) is 13.2 Å². The van der Waals surface area contributed by atoms with Crippen molar-refractivity contribution in [1.82, 2.24) is 10.2 Å². The fourth-order valence-electron chi connectivity index (χ4n) is 3.89. The van der Waals surface area contributed by atoms with Gasteiger partial charge < -0.3 is 10.2 Å². The molecule has 1 heterocycles. The number of amides is 2. The molecule has 1 atom stereocenters. The van der Waals surface area contributed by atoms with E-state index in [0.29, 0.717) is 23.9 Å². The molecule has 1 unspecified atom stereocenters. The highest BCUT2D eigenvalue weighted by Crippen LogP contribution is 2.32. The summed E-state index contributed by atoms with van der Waals surface area (Å²) in [5, 5.41) is 2.67. The third-order valence-electron chi connectivity index (χ3n) is 5.55. The summed E-state index contributed by atoms with van der Waals surface area (Å²) in [5.74, 6) is 0.147. The molecule has 0 aromatic heterocycles.